The largest absolute Gasteiger partial charge is 0.496 e. The number of halogens is 2. The van der Waals surface area contributed by atoms with E-state index in [1.807, 2.05) is 0 Å². The number of hydrogen-bond acceptors (Lipinski definition) is 5. The number of benzene rings is 1. The minimum absolute atomic E-state index is 0.00903. The molecule has 2 aromatic rings. The van der Waals surface area contributed by atoms with Gasteiger partial charge in [0.1, 0.15) is 16.5 Å². The molecule has 0 saturated carbocycles. The predicted molar refractivity (Wildman–Crippen MR) is 69.4 cm³/mol. The Balaban J connectivity index is 2.47. The van der Waals surface area contributed by atoms with E-state index in [9.17, 15) is 19.3 Å². The van der Waals surface area contributed by atoms with Crippen molar-refractivity contribution in [1.29, 1.82) is 0 Å². The molecule has 0 aliphatic carbocycles. The zero-order valence-electron chi connectivity index (χ0n) is 10.1. The highest BCUT2D eigenvalue weighted by molar-refractivity contribution is 9.10. The van der Waals surface area contributed by atoms with Crippen LogP contribution in [0.3, 0.4) is 0 Å². The lowest BCUT2D eigenvalue weighted by atomic mass is 10.1. The van der Waals surface area contributed by atoms with Crippen LogP contribution in [0.25, 0.3) is 0 Å². The summed E-state index contributed by atoms with van der Waals surface area (Å²) in [6.45, 7) is 0. The van der Waals surface area contributed by atoms with Crippen LogP contribution in [0, 0.1) is 15.9 Å². The number of ether oxygens (including phenoxy) is 1. The van der Waals surface area contributed by atoms with Crippen LogP contribution in [0.4, 0.5) is 10.3 Å². The number of methoxy groups -OCH3 is 1. The van der Waals surface area contributed by atoms with E-state index >= 15 is 0 Å². The van der Waals surface area contributed by atoms with Crippen LogP contribution in [0.15, 0.2) is 33.2 Å². The van der Waals surface area contributed by atoms with Crippen LogP contribution >= 0.6 is 15.9 Å². The fraction of sp³-hybridized carbons (Fsp3) is 0.0833. The topological polar surface area (TPSA) is 82.6 Å². The summed E-state index contributed by atoms with van der Waals surface area (Å²) in [5, 5.41) is 10.5. The monoisotopic (exact) mass is 343 g/mol. The van der Waals surface area contributed by atoms with E-state index in [4.69, 9.17) is 9.15 Å². The molecule has 0 N–H and O–H groups in total. The van der Waals surface area contributed by atoms with Gasteiger partial charge < -0.3 is 9.15 Å². The van der Waals surface area contributed by atoms with Gasteiger partial charge in [-0.25, -0.2) is 4.39 Å². The first-order valence-electron chi connectivity index (χ1n) is 5.26. The maximum absolute atomic E-state index is 13.4. The molecule has 0 aliphatic rings. The number of nitrogens with zero attached hydrogens (tertiary/aromatic N) is 1. The van der Waals surface area contributed by atoms with Crippen molar-refractivity contribution in [2.75, 3.05) is 7.11 Å². The summed E-state index contributed by atoms with van der Waals surface area (Å²) >= 11 is 2.96. The standard InChI is InChI=1S/C12H7BrFNO5/c1-19-10-5-8(14)7(13)4-6(10)12(16)9-2-3-11(20-9)15(17)18/h2-5H,1H3. The highest BCUT2D eigenvalue weighted by atomic mass is 79.9. The summed E-state index contributed by atoms with van der Waals surface area (Å²) < 4.78 is 23.2. The van der Waals surface area contributed by atoms with E-state index in [1.165, 1.54) is 19.2 Å². The van der Waals surface area contributed by atoms with Gasteiger partial charge in [0.25, 0.3) is 0 Å². The zero-order valence-corrected chi connectivity index (χ0v) is 11.6. The van der Waals surface area contributed by atoms with Crippen molar-refractivity contribution >= 4 is 27.6 Å². The lowest BCUT2D eigenvalue weighted by Crippen LogP contribution is -2.04. The average molecular weight is 344 g/mol. The number of ketones is 1. The number of furan rings is 1. The van der Waals surface area contributed by atoms with E-state index in [2.05, 4.69) is 15.9 Å². The summed E-state index contributed by atoms with van der Waals surface area (Å²) in [7, 11) is 1.28. The minimum Gasteiger partial charge on any atom is -0.496 e. The summed E-state index contributed by atoms with van der Waals surface area (Å²) in [4.78, 5) is 21.9. The third-order valence-electron chi connectivity index (χ3n) is 2.48. The maximum Gasteiger partial charge on any atom is 0.433 e. The van der Waals surface area contributed by atoms with Gasteiger partial charge in [0.15, 0.2) is 5.76 Å². The first kappa shape index (κ1) is 14.2. The fourth-order valence-electron chi connectivity index (χ4n) is 1.56. The molecule has 20 heavy (non-hydrogen) atoms. The molecule has 2 rings (SSSR count). The van der Waals surface area contributed by atoms with E-state index in [-0.39, 0.29) is 21.5 Å². The fourth-order valence-corrected chi connectivity index (χ4v) is 1.90. The van der Waals surface area contributed by atoms with Crippen molar-refractivity contribution in [1.82, 2.24) is 0 Å². The average Bonchev–Trinajstić information content (AvgIpc) is 2.90. The molecule has 0 fully saturated rings. The van der Waals surface area contributed by atoms with Gasteiger partial charge in [0.05, 0.1) is 23.2 Å². The summed E-state index contributed by atoms with van der Waals surface area (Å²) in [5.41, 5.74) is 0.0324. The number of nitro groups is 1. The number of rotatable bonds is 4. The quantitative estimate of drug-likeness (QED) is 0.483. The Bertz CT molecular complexity index is 697. The van der Waals surface area contributed by atoms with Crippen LogP contribution in [-0.2, 0) is 0 Å². The molecule has 104 valence electrons. The molecular formula is C12H7BrFNO5. The van der Waals surface area contributed by atoms with Crippen molar-refractivity contribution in [3.63, 3.8) is 0 Å². The lowest BCUT2D eigenvalue weighted by molar-refractivity contribution is -0.402. The summed E-state index contributed by atoms with van der Waals surface area (Å²) in [6, 6.07) is 4.51. The molecule has 1 heterocycles. The van der Waals surface area contributed by atoms with Gasteiger partial charge in [-0.1, -0.05) is 0 Å². The predicted octanol–water partition coefficient (Wildman–Crippen LogP) is 3.33. The van der Waals surface area contributed by atoms with Crippen LogP contribution in [0.5, 0.6) is 5.75 Å². The molecule has 0 aliphatic heterocycles. The highest BCUT2D eigenvalue weighted by Crippen LogP contribution is 2.29. The SMILES string of the molecule is COc1cc(F)c(Br)cc1C(=O)c1ccc([N+](=O)[O-])o1. The Kier molecular flexibility index (Phi) is 3.84. The van der Waals surface area contributed by atoms with Crippen molar-refractivity contribution < 1.29 is 23.3 Å². The van der Waals surface area contributed by atoms with Gasteiger partial charge in [-0.05, 0) is 28.1 Å². The zero-order chi connectivity index (χ0) is 14.9. The lowest BCUT2D eigenvalue weighted by Gasteiger charge is -2.07. The second kappa shape index (κ2) is 5.41. The molecule has 1 aromatic carbocycles. The normalized spacial score (nSPS) is 10.3. The highest BCUT2D eigenvalue weighted by Gasteiger charge is 2.22. The molecule has 0 atom stereocenters. The second-order valence-electron chi connectivity index (χ2n) is 3.69. The second-order valence-corrected chi connectivity index (χ2v) is 4.55. The summed E-state index contributed by atoms with van der Waals surface area (Å²) in [6.07, 6.45) is 0. The third kappa shape index (κ3) is 2.55. The van der Waals surface area contributed by atoms with Gasteiger partial charge in [-0.15, -0.1) is 0 Å². The van der Waals surface area contributed by atoms with E-state index in [0.717, 1.165) is 12.1 Å². The van der Waals surface area contributed by atoms with E-state index < -0.39 is 22.4 Å². The molecule has 0 amide bonds. The molecule has 0 spiro atoms. The number of carbonyl (C=O) groups excluding carboxylic acids is 1. The van der Waals surface area contributed by atoms with Gasteiger partial charge in [-0.2, -0.15) is 0 Å². The maximum atomic E-state index is 13.4. The van der Waals surface area contributed by atoms with Crippen molar-refractivity contribution in [3.05, 3.63) is 56.0 Å². The Morgan fingerprint density at radius 1 is 1.45 bits per heavy atom. The Labute approximate surface area is 120 Å². The van der Waals surface area contributed by atoms with Crippen LogP contribution in [-0.4, -0.2) is 17.8 Å². The van der Waals surface area contributed by atoms with E-state index in [1.54, 1.807) is 0 Å². The molecule has 0 bridgehead atoms. The van der Waals surface area contributed by atoms with Crippen LogP contribution < -0.4 is 4.74 Å². The first-order valence-corrected chi connectivity index (χ1v) is 6.05. The van der Waals surface area contributed by atoms with Crippen LogP contribution in [0.1, 0.15) is 16.1 Å². The van der Waals surface area contributed by atoms with Crippen molar-refractivity contribution in [2.45, 2.75) is 0 Å². The summed E-state index contributed by atoms with van der Waals surface area (Å²) in [5.74, 6) is -2.00. The van der Waals surface area contributed by atoms with Crippen LogP contribution in [0.2, 0.25) is 0 Å². The Morgan fingerprint density at radius 2 is 2.15 bits per heavy atom. The molecule has 1 aromatic heterocycles. The van der Waals surface area contributed by atoms with Gasteiger partial charge in [-0.3, -0.25) is 14.9 Å². The number of hydrogen-bond donors (Lipinski definition) is 0. The van der Waals surface area contributed by atoms with Crippen molar-refractivity contribution in [2.24, 2.45) is 0 Å². The molecule has 6 nitrogen and oxygen atoms in total. The molecular weight excluding hydrogens is 337 g/mol. The molecule has 0 unspecified atom stereocenters. The number of carbonyl (C=O) groups is 1. The Hall–Kier alpha value is -2.22. The molecule has 8 heteroatoms. The Morgan fingerprint density at radius 3 is 2.70 bits per heavy atom. The van der Waals surface area contributed by atoms with E-state index in [0.29, 0.717) is 0 Å². The minimum atomic E-state index is -0.755. The van der Waals surface area contributed by atoms with Gasteiger partial charge >= 0.3 is 5.88 Å². The van der Waals surface area contributed by atoms with Crippen molar-refractivity contribution in [3.8, 4) is 5.75 Å². The third-order valence-corrected chi connectivity index (χ3v) is 3.09. The van der Waals surface area contributed by atoms with Gasteiger partial charge in [0, 0.05) is 6.07 Å². The molecule has 0 saturated heterocycles. The smallest absolute Gasteiger partial charge is 0.433 e. The van der Waals surface area contributed by atoms with Gasteiger partial charge in [0.2, 0.25) is 5.78 Å². The molecule has 0 radical (unpaired) electrons. The first-order chi connectivity index (χ1) is 9.43.